The number of carbonyl (C=O) groups excluding carboxylic acids is 4. The Balaban J connectivity index is 1.67. The molecule has 0 bridgehead atoms. The number of fused-ring (bicyclic) bond motifs is 1. The molecule has 0 heterocycles. The highest BCUT2D eigenvalue weighted by Gasteiger charge is 2.25. The Morgan fingerprint density at radius 1 is 0.787 bits per heavy atom. The molecule has 3 aromatic carbocycles. The van der Waals surface area contributed by atoms with Gasteiger partial charge in [0.1, 0.15) is 11.4 Å². The first-order valence-corrected chi connectivity index (χ1v) is 15.8. The number of benzene rings is 3. The lowest BCUT2D eigenvalue weighted by Crippen LogP contribution is -2.45. The zero-order valence-electron chi connectivity index (χ0n) is 28.1. The average Bonchev–Trinajstić information content (AvgIpc) is 3.00. The van der Waals surface area contributed by atoms with E-state index in [1.165, 1.54) is 25.3 Å². The van der Waals surface area contributed by atoms with Gasteiger partial charge in [-0.25, -0.2) is 9.18 Å². The quantitative estimate of drug-likeness (QED) is 0.179. The fraction of sp³-hybridized carbons (Fsp3) is 0.405. The second kappa shape index (κ2) is 16.7. The topological polar surface area (TPSA) is 126 Å². The van der Waals surface area contributed by atoms with E-state index in [1.54, 1.807) is 39.0 Å². The van der Waals surface area contributed by atoms with Gasteiger partial charge in [-0.1, -0.05) is 60.7 Å². The van der Waals surface area contributed by atoms with Crippen LogP contribution in [0.2, 0.25) is 0 Å². The summed E-state index contributed by atoms with van der Waals surface area (Å²) < 4.78 is 18.7. The fourth-order valence-corrected chi connectivity index (χ4v) is 5.02. The van der Waals surface area contributed by atoms with E-state index in [4.69, 9.17) is 4.74 Å². The van der Waals surface area contributed by atoms with Gasteiger partial charge in [0.05, 0.1) is 11.8 Å². The minimum absolute atomic E-state index is 0.0595. The average molecular weight is 647 g/mol. The Bertz CT molecular complexity index is 1560. The highest BCUT2D eigenvalue weighted by Crippen LogP contribution is 2.19. The van der Waals surface area contributed by atoms with E-state index in [2.05, 4.69) is 21.3 Å². The number of alkyl carbamates (subject to hydrolysis) is 1. The molecule has 4 N–H and O–H groups in total. The van der Waals surface area contributed by atoms with Crippen molar-refractivity contribution in [3.63, 3.8) is 0 Å². The van der Waals surface area contributed by atoms with E-state index in [0.29, 0.717) is 19.3 Å². The van der Waals surface area contributed by atoms with Gasteiger partial charge in [-0.2, -0.15) is 0 Å². The maximum atomic E-state index is 13.6. The molecule has 0 unspecified atom stereocenters. The van der Waals surface area contributed by atoms with Crippen molar-refractivity contribution in [1.82, 2.24) is 21.3 Å². The zero-order chi connectivity index (χ0) is 34.6. The van der Waals surface area contributed by atoms with Crippen LogP contribution < -0.4 is 21.3 Å². The third kappa shape index (κ3) is 12.9. The second-order valence-electron chi connectivity index (χ2n) is 13.3. The zero-order valence-corrected chi connectivity index (χ0v) is 28.1. The summed E-state index contributed by atoms with van der Waals surface area (Å²) in [6, 6.07) is 19.8. The van der Waals surface area contributed by atoms with Crippen LogP contribution in [0.25, 0.3) is 10.8 Å². The first-order valence-electron chi connectivity index (χ1n) is 15.8. The van der Waals surface area contributed by atoms with E-state index < -0.39 is 29.1 Å². The number of carbonyl (C=O) groups is 4. The number of rotatable bonds is 14. The summed E-state index contributed by atoms with van der Waals surface area (Å²) >= 11 is 0. The third-order valence-electron chi connectivity index (χ3n) is 7.46. The number of hydrogen-bond donors (Lipinski definition) is 4. The van der Waals surface area contributed by atoms with Crippen molar-refractivity contribution in [2.24, 2.45) is 11.8 Å². The SMILES string of the molecule is CNC(=O)[C@@H](CNC(=O)[C@@H](CNC(=O)/C=C/CC(C)(C)NC(=O)OC(C)(C)C)Cc1ccc2ccccc2c1)Cc1ccc(F)cc1. The molecule has 2 atom stereocenters. The van der Waals surface area contributed by atoms with E-state index in [9.17, 15) is 23.6 Å². The van der Waals surface area contributed by atoms with Crippen LogP contribution in [-0.2, 0) is 32.0 Å². The molecular formula is C37H47FN4O5. The fourth-order valence-electron chi connectivity index (χ4n) is 5.02. The third-order valence-corrected chi connectivity index (χ3v) is 7.46. The molecule has 9 nitrogen and oxygen atoms in total. The summed E-state index contributed by atoms with van der Waals surface area (Å²) in [5.74, 6) is -2.51. The number of hydrogen-bond acceptors (Lipinski definition) is 5. The maximum Gasteiger partial charge on any atom is 0.408 e. The van der Waals surface area contributed by atoms with Gasteiger partial charge in [-0.3, -0.25) is 14.4 Å². The van der Waals surface area contributed by atoms with Crippen LogP contribution >= 0.6 is 0 Å². The van der Waals surface area contributed by atoms with Gasteiger partial charge in [0.2, 0.25) is 17.7 Å². The van der Waals surface area contributed by atoms with Crippen molar-refractivity contribution in [3.05, 3.63) is 95.8 Å². The molecular weight excluding hydrogens is 599 g/mol. The predicted octanol–water partition coefficient (Wildman–Crippen LogP) is 5.22. The van der Waals surface area contributed by atoms with Gasteiger partial charge in [-0.05, 0) is 94.0 Å². The standard InChI is InChI=1S/C37H47FN4O5/c1-36(2,3)47-35(46)42-37(4,5)19-9-12-32(43)40-23-30(22-26-13-16-27-10-7-8-11-28(27)21-26)34(45)41-24-29(33(44)39-6)20-25-14-17-31(38)18-15-25/h7-18,21,29-30H,19-20,22-24H2,1-6H3,(H,39,44)(H,40,43)(H,41,45)(H,42,46)/b12-9+/t29-,30-/m1/s1. The number of halogens is 1. The van der Waals surface area contributed by atoms with Crippen molar-refractivity contribution in [2.45, 2.75) is 65.0 Å². The van der Waals surface area contributed by atoms with Crippen molar-refractivity contribution < 1.29 is 28.3 Å². The van der Waals surface area contributed by atoms with Gasteiger partial charge >= 0.3 is 6.09 Å². The predicted molar refractivity (Wildman–Crippen MR) is 182 cm³/mol. The molecule has 0 aliphatic heterocycles. The molecule has 0 aromatic heterocycles. The van der Waals surface area contributed by atoms with Crippen LogP contribution in [0.3, 0.4) is 0 Å². The minimum atomic E-state index is -0.660. The van der Waals surface area contributed by atoms with Crippen molar-refractivity contribution >= 4 is 34.6 Å². The highest BCUT2D eigenvalue weighted by molar-refractivity contribution is 5.88. The summed E-state index contributed by atoms with van der Waals surface area (Å²) in [4.78, 5) is 51.2. The maximum absolute atomic E-state index is 13.6. The molecule has 0 aliphatic carbocycles. The first-order chi connectivity index (χ1) is 22.1. The van der Waals surface area contributed by atoms with Crippen LogP contribution in [0.5, 0.6) is 0 Å². The summed E-state index contributed by atoms with van der Waals surface area (Å²) in [7, 11) is 1.53. The Kier molecular flexibility index (Phi) is 13.1. The first kappa shape index (κ1) is 36.7. The van der Waals surface area contributed by atoms with Crippen LogP contribution in [-0.4, -0.2) is 55.1 Å². The molecule has 3 aromatic rings. The van der Waals surface area contributed by atoms with Gasteiger partial charge in [0, 0.05) is 25.7 Å². The largest absolute Gasteiger partial charge is 0.444 e. The normalized spacial score (nSPS) is 13.1. The highest BCUT2D eigenvalue weighted by atomic mass is 19.1. The molecule has 4 amide bonds. The molecule has 252 valence electrons. The van der Waals surface area contributed by atoms with Crippen LogP contribution in [0, 0.1) is 17.7 Å². The molecule has 0 aliphatic rings. The smallest absolute Gasteiger partial charge is 0.408 e. The second-order valence-corrected chi connectivity index (χ2v) is 13.3. The molecule has 47 heavy (non-hydrogen) atoms. The Labute approximate surface area is 276 Å². The van der Waals surface area contributed by atoms with Crippen LogP contribution in [0.1, 0.15) is 52.2 Å². The number of ether oxygens (including phenoxy) is 1. The van der Waals surface area contributed by atoms with Crippen molar-refractivity contribution in [3.8, 4) is 0 Å². The van der Waals surface area contributed by atoms with Crippen molar-refractivity contribution in [1.29, 1.82) is 0 Å². The van der Waals surface area contributed by atoms with Gasteiger partial charge in [0.25, 0.3) is 0 Å². The molecule has 0 fully saturated rings. The van der Waals surface area contributed by atoms with Gasteiger partial charge < -0.3 is 26.0 Å². The lowest BCUT2D eigenvalue weighted by Gasteiger charge is -2.27. The van der Waals surface area contributed by atoms with Crippen LogP contribution in [0.4, 0.5) is 9.18 Å². The molecule has 0 radical (unpaired) electrons. The molecule has 10 heteroatoms. The number of amides is 4. The summed E-state index contributed by atoms with van der Waals surface area (Å²) in [5.41, 5.74) is 0.410. The van der Waals surface area contributed by atoms with Crippen LogP contribution in [0.15, 0.2) is 78.9 Å². The molecule has 3 rings (SSSR count). The lowest BCUT2D eigenvalue weighted by atomic mass is 9.95. The monoisotopic (exact) mass is 646 g/mol. The Morgan fingerprint density at radius 3 is 2.04 bits per heavy atom. The van der Waals surface area contributed by atoms with E-state index in [0.717, 1.165) is 21.9 Å². The Morgan fingerprint density at radius 2 is 1.38 bits per heavy atom. The molecule has 0 saturated heterocycles. The summed E-state index contributed by atoms with van der Waals surface area (Å²) in [5, 5.41) is 13.3. The van der Waals surface area contributed by atoms with Crippen molar-refractivity contribution in [2.75, 3.05) is 20.1 Å². The van der Waals surface area contributed by atoms with E-state index >= 15 is 0 Å². The minimum Gasteiger partial charge on any atom is -0.444 e. The summed E-state index contributed by atoms with van der Waals surface area (Å²) in [6.07, 6.45) is 3.55. The lowest BCUT2D eigenvalue weighted by molar-refractivity contribution is -0.126. The van der Waals surface area contributed by atoms with Gasteiger partial charge in [-0.15, -0.1) is 0 Å². The summed E-state index contributed by atoms with van der Waals surface area (Å²) in [6.45, 7) is 9.13. The van der Waals surface area contributed by atoms with E-state index in [-0.39, 0.29) is 36.6 Å². The molecule has 0 spiro atoms. The molecule has 0 saturated carbocycles. The van der Waals surface area contributed by atoms with E-state index in [1.807, 2.05) is 56.3 Å². The number of nitrogens with one attached hydrogen (secondary N) is 4. The Hall–Kier alpha value is -4.73. The van der Waals surface area contributed by atoms with Gasteiger partial charge in [0.15, 0.2) is 0 Å².